The molecule has 0 saturated carbocycles. The molecular weight excluding hydrogens is 394 g/mol. The van der Waals surface area contributed by atoms with Gasteiger partial charge in [-0.05, 0) is 60.4 Å². The maximum Gasteiger partial charge on any atom is 0.261 e. The van der Waals surface area contributed by atoms with Crippen LogP contribution in [0.3, 0.4) is 0 Å². The van der Waals surface area contributed by atoms with Crippen LogP contribution in [-0.4, -0.2) is 18.0 Å². The Kier molecular flexibility index (Phi) is 5.59. The fraction of sp³-hybridized carbons (Fsp3) is 0.208. The van der Waals surface area contributed by atoms with E-state index < -0.39 is 10.0 Å². The number of nitrogens with one attached hydrogen (secondary N) is 1. The summed E-state index contributed by atoms with van der Waals surface area (Å²) in [6.45, 7) is 2.04. The lowest BCUT2D eigenvalue weighted by atomic mass is 10.1. The standard InChI is InChI=1S/C24H25N3O2S/c1-3-18-10-15-21(16-11-18)30(28,29)26-20-13-8-19(9-14-20)12-17-24-25-22-6-4-5-7-23(22)27(24)2/h4-11,13-16,26H,3,12,17H2,1-2H3. The fourth-order valence-electron chi connectivity index (χ4n) is 3.53. The molecule has 0 aliphatic heterocycles. The number of rotatable bonds is 7. The van der Waals surface area contributed by atoms with Crippen molar-refractivity contribution in [2.24, 2.45) is 7.05 Å². The zero-order chi connectivity index (χ0) is 21.1. The van der Waals surface area contributed by atoms with E-state index in [0.717, 1.165) is 47.2 Å². The molecule has 1 heterocycles. The van der Waals surface area contributed by atoms with Crippen LogP contribution in [0.4, 0.5) is 5.69 Å². The molecule has 5 nitrogen and oxygen atoms in total. The molecule has 0 atom stereocenters. The summed E-state index contributed by atoms with van der Waals surface area (Å²) < 4.78 is 30.0. The van der Waals surface area contributed by atoms with Crippen LogP contribution in [0, 0.1) is 0 Å². The summed E-state index contributed by atoms with van der Waals surface area (Å²) >= 11 is 0. The van der Waals surface area contributed by atoms with Gasteiger partial charge in [-0.15, -0.1) is 0 Å². The molecule has 0 bridgehead atoms. The molecule has 0 spiro atoms. The van der Waals surface area contributed by atoms with E-state index in [0.29, 0.717) is 5.69 Å². The van der Waals surface area contributed by atoms with E-state index in [9.17, 15) is 8.42 Å². The first-order valence-electron chi connectivity index (χ1n) is 10.1. The summed E-state index contributed by atoms with van der Waals surface area (Å²) in [5, 5.41) is 0. The predicted molar refractivity (Wildman–Crippen MR) is 121 cm³/mol. The lowest BCUT2D eigenvalue weighted by Gasteiger charge is -2.09. The largest absolute Gasteiger partial charge is 0.331 e. The van der Waals surface area contributed by atoms with Crippen molar-refractivity contribution in [1.29, 1.82) is 0 Å². The zero-order valence-corrected chi connectivity index (χ0v) is 18.0. The highest BCUT2D eigenvalue weighted by atomic mass is 32.2. The van der Waals surface area contributed by atoms with Crippen LogP contribution in [0.25, 0.3) is 11.0 Å². The Balaban J connectivity index is 1.42. The highest BCUT2D eigenvalue weighted by Gasteiger charge is 2.14. The Labute approximate surface area is 177 Å². The minimum absolute atomic E-state index is 0.269. The van der Waals surface area contributed by atoms with Crippen molar-refractivity contribution in [3.63, 3.8) is 0 Å². The van der Waals surface area contributed by atoms with E-state index in [2.05, 4.69) is 15.4 Å². The average molecular weight is 420 g/mol. The molecule has 30 heavy (non-hydrogen) atoms. The molecule has 0 unspecified atom stereocenters. The van der Waals surface area contributed by atoms with Gasteiger partial charge in [-0.2, -0.15) is 0 Å². The molecule has 1 aromatic heterocycles. The van der Waals surface area contributed by atoms with E-state index in [1.165, 1.54) is 0 Å². The van der Waals surface area contributed by atoms with E-state index >= 15 is 0 Å². The van der Waals surface area contributed by atoms with Crippen molar-refractivity contribution >= 4 is 26.7 Å². The van der Waals surface area contributed by atoms with Crippen LogP contribution < -0.4 is 4.72 Å². The minimum atomic E-state index is -3.59. The average Bonchev–Trinajstić information content (AvgIpc) is 3.09. The lowest BCUT2D eigenvalue weighted by Crippen LogP contribution is -2.13. The van der Waals surface area contributed by atoms with Crippen LogP contribution in [0.15, 0.2) is 77.7 Å². The summed E-state index contributed by atoms with van der Waals surface area (Å²) in [5.41, 5.74) is 4.94. The maximum absolute atomic E-state index is 12.6. The number of fused-ring (bicyclic) bond motifs is 1. The molecule has 4 aromatic rings. The topological polar surface area (TPSA) is 64.0 Å². The number of hydrogen-bond donors (Lipinski definition) is 1. The first-order valence-corrected chi connectivity index (χ1v) is 11.6. The third-order valence-electron chi connectivity index (χ3n) is 5.37. The SMILES string of the molecule is CCc1ccc(S(=O)(=O)Nc2ccc(CCc3nc4ccccc4n3C)cc2)cc1. The van der Waals surface area contributed by atoms with Crippen LogP contribution in [0.2, 0.25) is 0 Å². The molecule has 3 aromatic carbocycles. The monoisotopic (exact) mass is 419 g/mol. The number of sulfonamides is 1. The van der Waals surface area contributed by atoms with Gasteiger partial charge < -0.3 is 4.57 Å². The number of nitrogens with zero attached hydrogens (tertiary/aromatic N) is 2. The number of anilines is 1. The van der Waals surface area contributed by atoms with E-state index in [1.54, 1.807) is 12.1 Å². The summed E-state index contributed by atoms with van der Waals surface area (Å²) in [7, 11) is -1.55. The molecule has 154 valence electrons. The van der Waals surface area contributed by atoms with Crippen molar-refractivity contribution in [2.75, 3.05) is 4.72 Å². The van der Waals surface area contributed by atoms with Crippen molar-refractivity contribution < 1.29 is 8.42 Å². The summed E-state index contributed by atoms with van der Waals surface area (Å²) in [6.07, 6.45) is 2.53. The number of imidazole rings is 1. The molecule has 6 heteroatoms. The Morgan fingerprint density at radius 3 is 2.20 bits per heavy atom. The van der Waals surface area contributed by atoms with Crippen molar-refractivity contribution in [1.82, 2.24) is 9.55 Å². The second-order valence-corrected chi connectivity index (χ2v) is 9.06. The second-order valence-electron chi connectivity index (χ2n) is 7.38. The van der Waals surface area contributed by atoms with Crippen LogP contribution in [0.1, 0.15) is 23.9 Å². The van der Waals surface area contributed by atoms with Gasteiger partial charge in [0.25, 0.3) is 10.0 Å². The Morgan fingerprint density at radius 1 is 0.867 bits per heavy atom. The number of aromatic nitrogens is 2. The molecule has 4 rings (SSSR count). The van der Waals surface area contributed by atoms with Gasteiger partial charge in [0.1, 0.15) is 5.82 Å². The smallest absolute Gasteiger partial charge is 0.261 e. The Bertz CT molecular complexity index is 1260. The van der Waals surface area contributed by atoms with Gasteiger partial charge in [-0.25, -0.2) is 13.4 Å². The number of para-hydroxylation sites is 2. The van der Waals surface area contributed by atoms with Gasteiger partial charge in [-0.3, -0.25) is 4.72 Å². The Hall–Kier alpha value is -3.12. The zero-order valence-electron chi connectivity index (χ0n) is 17.2. The highest BCUT2D eigenvalue weighted by molar-refractivity contribution is 7.92. The van der Waals surface area contributed by atoms with E-state index in [-0.39, 0.29) is 4.90 Å². The van der Waals surface area contributed by atoms with Gasteiger partial charge in [0, 0.05) is 19.2 Å². The second kappa shape index (κ2) is 8.32. The third kappa shape index (κ3) is 4.24. The number of hydrogen-bond acceptors (Lipinski definition) is 3. The molecule has 0 saturated heterocycles. The van der Waals surface area contributed by atoms with Crippen molar-refractivity contribution in [3.8, 4) is 0 Å². The Morgan fingerprint density at radius 2 is 1.53 bits per heavy atom. The third-order valence-corrected chi connectivity index (χ3v) is 6.76. The fourth-order valence-corrected chi connectivity index (χ4v) is 4.59. The molecule has 1 N–H and O–H groups in total. The van der Waals surface area contributed by atoms with Crippen LogP contribution >= 0.6 is 0 Å². The maximum atomic E-state index is 12.6. The quantitative estimate of drug-likeness (QED) is 0.471. The normalized spacial score (nSPS) is 11.7. The van der Waals surface area contributed by atoms with E-state index in [4.69, 9.17) is 4.98 Å². The summed E-state index contributed by atoms with van der Waals surface area (Å²) in [5.74, 6) is 1.04. The van der Waals surface area contributed by atoms with Gasteiger partial charge >= 0.3 is 0 Å². The van der Waals surface area contributed by atoms with Crippen molar-refractivity contribution in [3.05, 3.63) is 89.7 Å². The van der Waals surface area contributed by atoms with Gasteiger partial charge in [0.05, 0.1) is 15.9 Å². The van der Waals surface area contributed by atoms with Gasteiger partial charge in [-0.1, -0.05) is 43.3 Å². The predicted octanol–water partition coefficient (Wildman–Crippen LogP) is 4.72. The highest BCUT2D eigenvalue weighted by Crippen LogP contribution is 2.19. The van der Waals surface area contributed by atoms with Crippen molar-refractivity contribution in [2.45, 2.75) is 31.1 Å². The minimum Gasteiger partial charge on any atom is -0.331 e. The summed E-state index contributed by atoms with van der Waals surface area (Å²) in [4.78, 5) is 4.98. The van der Waals surface area contributed by atoms with Gasteiger partial charge in [0.2, 0.25) is 0 Å². The van der Waals surface area contributed by atoms with Crippen LogP contribution in [0.5, 0.6) is 0 Å². The molecule has 0 aliphatic carbocycles. The van der Waals surface area contributed by atoms with Gasteiger partial charge in [0.15, 0.2) is 0 Å². The molecule has 0 aliphatic rings. The number of benzene rings is 3. The van der Waals surface area contributed by atoms with E-state index in [1.807, 2.05) is 68.6 Å². The first-order chi connectivity index (χ1) is 14.5. The summed E-state index contributed by atoms with van der Waals surface area (Å²) in [6, 6.07) is 22.6. The lowest BCUT2D eigenvalue weighted by molar-refractivity contribution is 0.601. The number of aryl methyl sites for hydroxylation is 4. The van der Waals surface area contributed by atoms with Crippen LogP contribution in [-0.2, 0) is 36.3 Å². The molecule has 0 fully saturated rings. The molecule has 0 amide bonds. The first kappa shape index (κ1) is 20.2. The molecular formula is C24H25N3O2S. The molecule has 0 radical (unpaired) electrons.